The van der Waals surface area contributed by atoms with Gasteiger partial charge in [-0.1, -0.05) is 18.2 Å². The highest BCUT2D eigenvalue weighted by molar-refractivity contribution is 5.82. The Balaban J connectivity index is 1.30. The minimum atomic E-state index is -0.374. The second-order valence-electron chi connectivity index (χ2n) is 10.5. The van der Waals surface area contributed by atoms with Gasteiger partial charge in [0.2, 0.25) is 5.91 Å². The quantitative estimate of drug-likeness (QED) is 0.362. The number of hydrazine groups is 1. The number of amides is 1. The summed E-state index contributed by atoms with van der Waals surface area (Å²) >= 11 is 0. The van der Waals surface area contributed by atoms with Crippen molar-refractivity contribution >= 4 is 11.6 Å². The molecule has 0 saturated carbocycles. The van der Waals surface area contributed by atoms with Crippen molar-refractivity contribution in [3.05, 3.63) is 36.4 Å². The van der Waals surface area contributed by atoms with E-state index in [1.807, 2.05) is 43.4 Å². The van der Waals surface area contributed by atoms with E-state index in [2.05, 4.69) is 43.3 Å². The molecule has 0 aliphatic carbocycles. The molecule has 198 valence electrons. The van der Waals surface area contributed by atoms with Crippen LogP contribution in [0.4, 0.5) is 5.69 Å². The maximum absolute atomic E-state index is 13.5. The average molecular weight is 500 g/mol. The van der Waals surface area contributed by atoms with Gasteiger partial charge in [-0.15, -0.1) is 0 Å². The lowest BCUT2D eigenvalue weighted by molar-refractivity contribution is -0.145. The van der Waals surface area contributed by atoms with E-state index in [1.54, 1.807) is 0 Å². The van der Waals surface area contributed by atoms with Crippen molar-refractivity contribution in [2.45, 2.75) is 62.9 Å². The van der Waals surface area contributed by atoms with Crippen molar-refractivity contribution in [3.63, 3.8) is 0 Å². The van der Waals surface area contributed by atoms with Crippen LogP contribution in [0, 0.1) is 5.92 Å². The Hall–Kier alpha value is -2.21. The van der Waals surface area contributed by atoms with Crippen LogP contribution in [0.1, 0.15) is 32.1 Å². The van der Waals surface area contributed by atoms with Crippen LogP contribution >= 0.6 is 0 Å². The van der Waals surface area contributed by atoms with Crippen molar-refractivity contribution in [3.8, 4) is 5.75 Å². The van der Waals surface area contributed by atoms with Crippen LogP contribution < -0.4 is 26.0 Å². The molecule has 4 aliphatic heterocycles. The molecule has 3 saturated heterocycles. The third-order valence-corrected chi connectivity index (χ3v) is 7.61. The Kier molecular flexibility index (Phi) is 8.09. The average Bonchev–Trinajstić information content (AvgIpc) is 3.13. The van der Waals surface area contributed by atoms with Gasteiger partial charge in [0, 0.05) is 30.9 Å². The molecule has 1 aromatic rings. The molecule has 1 aromatic carbocycles. The number of nitrogens with one attached hydrogen (secondary N) is 4. The first-order valence-corrected chi connectivity index (χ1v) is 13.3. The van der Waals surface area contributed by atoms with Gasteiger partial charge in [-0.3, -0.25) is 25.8 Å². The van der Waals surface area contributed by atoms with Gasteiger partial charge in [-0.05, 0) is 58.3 Å². The number of ether oxygens (including phenoxy) is 1. The SMILES string of the molecule is CN(C)CCOc1cccc(NC2NCC3C(=O)N4C/C=C\CCC(O)C5CCCC(N5)N4C3N2)c1. The minimum Gasteiger partial charge on any atom is -0.492 e. The molecule has 36 heavy (non-hydrogen) atoms. The first kappa shape index (κ1) is 25.4. The molecule has 6 unspecified atom stereocenters. The van der Waals surface area contributed by atoms with E-state index in [9.17, 15) is 9.90 Å². The monoisotopic (exact) mass is 499 g/mol. The molecule has 5 rings (SSSR count). The van der Waals surface area contributed by atoms with Gasteiger partial charge in [0.1, 0.15) is 18.6 Å². The summed E-state index contributed by atoms with van der Waals surface area (Å²) in [5.41, 5.74) is 0.946. The molecular weight excluding hydrogens is 458 g/mol. The maximum Gasteiger partial charge on any atom is 0.244 e. The summed E-state index contributed by atoms with van der Waals surface area (Å²) in [5, 5.41) is 29.2. The standard InChI is InChI=1S/C26H41N7O3/c1-31(2)14-15-36-19-9-6-8-18(16-19)28-26-27-17-20-24(30-26)33-23-12-7-10-21(29-23)22(34)11-4-3-5-13-32(33)25(20)35/h3,5-6,8-9,16,20-24,26-30,34H,4,7,10-15,17H2,1-2H3/b5-3-. The number of benzene rings is 1. The lowest BCUT2D eigenvalue weighted by atomic mass is 9.95. The minimum absolute atomic E-state index is 0.00326. The molecule has 10 heteroatoms. The van der Waals surface area contributed by atoms with Crippen LogP contribution in [-0.4, -0.2) is 97.0 Å². The molecular formula is C26H41N7O3. The molecule has 0 aromatic heterocycles. The second-order valence-corrected chi connectivity index (χ2v) is 10.5. The molecule has 0 radical (unpaired) electrons. The third-order valence-electron chi connectivity index (χ3n) is 7.61. The normalized spacial score (nSPS) is 34.0. The molecule has 1 amide bonds. The molecule has 3 fully saturated rings. The molecule has 4 heterocycles. The van der Waals surface area contributed by atoms with Crippen molar-refractivity contribution in [1.82, 2.24) is 30.9 Å². The number of allylic oxidation sites excluding steroid dienone is 1. The summed E-state index contributed by atoms with van der Waals surface area (Å²) in [6.45, 7) is 2.63. The van der Waals surface area contributed by atoms with Crippen molar-refractivity contribution in [1.29, 1.82) is 0 Å². The van der Waals surface area contributed by atoms with Gasteiger partial charge in [0.25, 0.3) is 0 Å². The topological polar surface area (TPSA) is 104 Å². The summed E-state index contributed by atoms with van der Waals surface area (Å²) < 4.78 is 5.90. The van der Waals surface area contributed by atoms with Crippen LogP contribution in [0.3, 0.4) is 0 Å². The number of hydrogen-bond acceptors (Lipinski definition) is 9. The second kappa shape index (κ2) is 11.5. The fourth-order valence-corrected chi connectivity index (χ4v) is 5.69. The Labute approximate surface area is 214 Å². The summed E-state index contributed by atoms with van der Waals surface area (Å²) in [6.07, 6.45) is 7.95. The van der Waals surface area contributed by atoms with Crippen LogP contribution in [-0.2, 0) is 4.79 Å². The lowest BCUT2D eigenvalue weighted by Gasteiger charge is -2.45. The number of aliphatic hydroxyl groups is 1. The zero-order chi connectivity index (χ0) is 25.1. The van der Waals surface area contributed by atoms with Crippen LogP contribution in [0.5, 0.6) is 5.75 Å². The number of rotatable bonds is 6. The van der Waals surface area contributed by atoms with E-state index < -0.39 is 0 Å². The van der Waals surface area contributed by atoms with E-state index in [-0.39, 0.29) is 42.6 Å². The number of piperidine rings is 1. The summed E-state index contributed by atoms with van der Waals surface area (Å²) in [4.78, 5) is 15.6. The third kappa shape index (κ3) is 5.69. The smallest absolute Gasteiger partial charge is 0.244 e. The first-order chi connectivity index (χ1) is 17.5. The highest BCUT2D eigenvalue weighted by atomic mass is 16.5. The van der Waals surface area contributed by atoms with Gasteiger partial charge >= 0.3 is 0 Å². The first-order valence-electron chi connectivity index (χ1n) is 13.3. The van der Waals surface area contributed by atoms with E-state index in [1.165, 1.54) is 0 Å². The molecule has 5 N–H and O–H groups in total. The van der Waals surface area contributed by atoms with Gasteiger partial charge in [-0.25, -0.2) is 0 Å². The Morgan fingerprint density at radius 1 is 1.19 bits per heavy atom. The van der Waals surface area contributed by atoms with E-state index >= 15 is 0 Å². The number of likely N-dealkylation sites (N-methyl/N-ethyl adjacent to an activating group) is 1. The predicted octanol–water partition coefficient (Wildman–Crippen LogP) is 0.696. The Morgan fingerprint density at radius 3 is 2.94 bits per heavy atom. The molecule has 2 bridgehead atoms. The Morgan fingerprint density at radius 2 is 2.08 bits per heavy atom. The van der Waals surface area contributed by atoms with Crippen molar-refractivity contribution < 1.29 is 14.6 Å². The number of carbonyl (C=O) groups excluding carboxylic acids is 1. The van der Waals surface area contributed by atoms with Crippen LogP contribution in [0.15, 0.2) is 36.4 Å². The number of carbonyl (C=O) groups is 1. The maximum atomic E-state index is 13.5. The van der Waals surface area contributed by atoms with Gasteiger partial charge in [-0.2, -0.15) is 5.01 Å². The van der Waals surface area contributed by atoms with E-state index in [4.69, 9.17) is 4.74 Å². The molecule has 6 atom stereocenters. The van der Waals surface area contributed by atoms with Gasteiger partial charge in [0.05, 0.1) is 30.9 Å². The number of anilines is 1. The summed E-state index contributed by atoms with van der Waals surface area (Å²) in [6, 6.07) is 8.03. The molecule has 10 nitrogen and oxygen atoms in total. The molecule has 4 aliphatic rings. The Bertz CT molecular complexity index is 929. The number of hydrogen-bond donors (Lipinski definition) is 5. The van der Waals surface area contributed by atoms with Gasteiger partial charge in [0.15, 0.2) is 0 Å². The summed E-state index contributed by atoms with van der Waals surface area (Å²) in [5.74, 6) is 0.794. The number of fused-ring (bicyclic) bond motifs is 6. The predicted molar refractivity (Wildman–Crippen MR) is 139 cm³/mol. The summed E-state index contributed by atoms with van der Waals surface area (Å²) in [7, 11) is 4.06. The number of aliphatic hydroxyl groups excluding tert-OH is 1. The number of nitrogens with zero attached hydrogens (tertiary/aromatic N) is 3. The highest BCUT2D eigenvalue weighted by Gasteiger charge is 2.52. The zero-order valence-electron chi connectivity index (χ0n) is 21.4. The van der Waals surface area contributed by atoms with Crippen molar-refractivity contribution in [2.24, 2.45) is 5.92 Å². The largest absolute Gasteiger partial charge is 0.492 e. The molecule has 0 spiro atoms. The van der Waals surface area contributed by atoms with Crippen LogP contribution in [0.2, 0.25) is 0 Å². The van der Waals surface area contributed by atoms with Gasteiger partial charge < -0.3 is 20.1 Å². The van der Waals surface area contributed by atoms with Crippen LogP contribution in [0.25, 0.3) is 0 Å². The zero-order valence-corrected chi connectivity index (χ0v) is 21.4. The fraction of sp³-hybridized carbons (Fsp3) is 0.654. The van der Waals surface area contributed by atoms with E-state index in [0.717, 1.165) is 50.1 Å². The van der Waals surface area contributed by atoms with Crippen molar-refractivity contribution in [2.75, 3.05) is 45.7 Å². The fourth-order valence-electron chi connectivity index (χ4n) is 5.69. The van der Waals surface area contributed by atoms with E-state index in [0.29, 0.717) is 19.7 Å². The lowest BCUT2D eigenvalue weighted by Crippen LogP contribution is -2.68. The highest BCUT2D eigenvalue weighted by Crippen LogP contribution is 2.32.